The summed E-state index contributed by atoms with van der Waals surface area (Å²) in [5.74, 6) is 1.17. The lowest BCUT2D eigenvalue weighted by Gasteiger charge is -2.19. The highest BCUT2D eigenvalue weighted by atomic mass is 32.2. The van der Waals surface area contributed by atoms with Crippen molar-refractivity contribution in [3.63, 3.8) is 0 Å². The van der Waals surface area contributed by atoms with Crippen LogP contribution < -0.4 is 0 Å². The van der Waals surface area contributed by atoms with Crippen molar-refractivity contribution in [2.75, 3.05) is 0 Å². The number of furan rings is 2. The fraction of sp³-hybridized carbons (Fsp3) is 0.143. The van der Waals surface area contributed by atoms with Crippen molar-refractivity contribution in [3.8, 4) is 0 Å². The topological polar surface area (TPSA) is 63.7 Å². The molecule has 0 spiro atoms. The van der Waals surface area contributed by atoms with Crippen LogP contribution in [0.5, 0.6) is 0 Å². The predicted octanol–water partition coefficient (Wildman–Crippen LogP) is 3.33. The Kier molecular flexibility index (Phi) is 3.96. The molecule has 0 aliphatic heterocycles. The molecule has 0 aliphatic rings. The SMILES string of the molecule is O=S(=O)(c1cccs1)N(Cc1ccco1)Cc1ccco1. The fourth-order valence-electron chi connectivity index (χ4n) is 1.92. The van der Waals surface area contributed by atoms with Gasteiger partial charge in [-0.15, -0.1) is 11.3 Å². The number of thiophene rings is 1. The molecule has 21 heavy (non-hydrogen) atoms. The molecule has 0 radical (unpaired) electrons. The Labute approximate surface area is 126 Å². The van der Waals surface area contributed by atoms with Gasteiger partial charge in [-0.05, 0) is 35.7 Å². The van der Waals surface area contributed by atoms with Gasteiger partial charge < -0.3 is 8.83 Å². The molecule has 3 heterocycles. The second-order valence-corrected chi connectivity index (χ2v) is 7.48. The van der Waals surface area contributed by atoms with E-state index in [1.165, 1.54) is 28.2 Å². The molecule has 3 aromatic rings. The minimum Gasteiger partial charge on any atom is -0.468 e. The molecule has 7 heteroatoms. The molecule has 0 amide bonds. The molecule has 0 aromatic carbocycles. The first kappa shape index (κ1) is 14.1. The summed E-state index contributed by atoms with van der Waals surface area (Å²) in [6.45, 7) is 0.321. The van der Waals surface area contributed by atoms with E-state index < -0.39 is 10.0 Å². The van der Waals surface area contributed by atoms with Crippen molar-refractivity contribution < 1.29 is 17.3 Å². The van der Waals surface area contributed by atoms with E-state index >= 15 is 0 Å². The molecule has 0 saturated heterocycles. The zero-order valence-corrected chi connectivity index (χ0v) is 12.6. The summed E-state index contributed by atoms with van der Waals surface area (Å²) in [5, 5.41) is 1.74. The molecule has 0 aliphatic carbocycles. The third kappa shape index (κ3) is 3.10. The molecule has 5 nitrogen and oxygen atoms in total. The quantitative estimate of drug-likeness (QED) is 0.698. The summed E-state index contributed by atoms with van der Waals surface area (Å²) >= 11 is 1.19. The van der Waals surface area contributed by atoms with E-state index in [0.717, 1.165) is 0 Å². The highest BCUT2D eigenvalue weighted by Crippen LogP contribution is 2.24. The number of hydrogen-bond acceptors (Lipinski definition) is 5. The maximum atomic E-state index is 12.7. The lowest BCUT2D eigenvalue weighted by Crippen LogP contribution is -2.29. The zero-order valence-electron chi connectivity index (χ0n) is 11.0. The Morgan fingerprint density at radius 2 is 1.57 bits per heavy atom. The van der Waals surface area contributed by atoms with Crippen molar-refractivity contribution in [2.45, 2.75) is 17.3 Å². The standard InChI is InChI=1S/C14H13NO4S2/c16-21(17,14-6-3-9-20-14)15(10-12-4-1-7-18-12)11-13-5-2-8-19-13/h1-9H,10-11H2. The van der Waals surface area contributed by atoms with Gasteiger partial charge in [0, 0.05) is 0 Å². The molecule has 0 atom stereocenters. The van der Waals surface area contributed by atoms with Crippen molar-refractivity contribution in [3.05, 3.63) is 65.8 Å². The minimum atomic E-state index is -3.58. The van der Waals surface area contributed by atoms with Crippen LogP contribution in [0.25, 0.3) is 0 Å². The van der Waals surface area contributed by atoms with Crippen LogP contribution in [0.4, 0.5) is 0 Å². The van der Waals surface area contributed by atoms with E-state index in [-0.39, 0.29) is 13.1 Å². The molecule has 0 bridgehead atoms. The molecule has 0 fully saturated rings. The van der Waals surface area contributed by atoms with E-state index in [0.29, 0.717) is 15.7 Å². The van der Waals surface area contributed by atoms with Crippen LogP contribution in [-0.2, 0) is 23.1 Å². The molecule has 0 unspecified atom stereocenters. The first-order valence-corrected chi connectivity index (χ1v) is 8.56. The minimum absolute atomic E-state index is 0.161. The van der Waals surface area contributed by atoms with Gasteiger partial charge >= 0.3 is 0 Å². The second-order valence-electron chi connectivity index (χ2n) is 4.36. The molecule has 110 valence electrons. The summed E-state index contributed by atoms with van der Waals surface area (Å²) in [6, 6.07) is 10.3. The Balaban J connectivity index is 1.91. The predicted molar refractivity (Wildman–Crippen MR) is 78.2 cm³/mol. The highest BCUT2D eigenvalue weighted by molar-refractivity contribution is 7.91. The zero-order chi connectivity index (χ0) is 14.7. The summed E-state index contributed by atoms with van der Waals surface area (Å²) < 4.78 is 37.6. The Morgan fingerprint density at radius 1 is 0.952 bits per heavy atom. The first-order chi connectivity index (χ1) is 10.2. The Hall–Kier alpha value is -1.83. The maximum absolute atomic E-state index is 12.7. The summed E-state index contributed by atoms with van der Waals surface area (Å²) in [7, 11) is -3.58. The third-order valence-electron chi connectivity index (χ3n) is 2.91. The van der Waals surface area contributed by atoms with Crippen LogP contribution in [0.15, 0.2) is 67.3 Å². The number of nitrogens with zero attached hydrogens (tertiary/aromatic N) is 1. The van der Waals surface area contributed by atoms with E-state index in [4.69, 9.17) is 8.83 Å². The molecule has 3 rings (SSSR count). The van der Waals surface area contributed by atoms with E-state index in [9.17, 15) is 8.42 Å². The van der Waals surface area contributed by atoms with E-state index in [1.807, 2.05) is 0 Å². The highest BCUT2D eigenvalue weighted by Gasteiger charge is 2.27. The van der Waals surface area contributed by atoms with E-state index in [1.54, 1.807) is 41.8 Å². The van der Waals surface area contributed by atoms with Gasteiger partial charge in [0.25, 0.3) is 10.0 Å². The van der Waals surface area contributed by atoms with Gasteiger partial charge in [0.2, 0.25) is 0 Å². The van der Waals surface area contributed by atoms with Gasteiger partial charge in [-0.2, -0.15) is 4.31 Å². The number of sulfonamides is 1. The normalized spacial score (nSPS) is 12.0. The summed E-state index contributed by atoms with van der Waals surface area (Å²) in [5.41, 5.74) is 0. The van der Waals surface area contributed by atoms with E-state index in [2.05, 4.69) is 0 Å². The van der Waals surface area contributed by atoms with Gasteiger partial charge in [-0.1, -0.05) is 6.07 Å². The van der Waals surface area contributed by atoms with Gasteiger partial charge in [-0.25, -0.2) is 8.42 Å². The number of rotatable bonds is 6. The van der Waals surface area contributed by atoms with Gasteiger partial charge in [0.1, 0.15) is 15.7 Å². The summed E-state index contributed by atoms with van der Waals surface area (Å²) in [6.07, 6.45) is 3.05. The molecule has 0 N–H and O–H groups in total. The molecule has 3 aromatic heterocycles. The monoisotopic (exact) mass is 323 g/mol. The largest absolute Gasteiger partial charge is 0.468 e. The van der Waals surface area contributed by atoms with Crippen molar-refractivity contribution in [1.82, 2.24) is 4.31 Å². The molecule has 0 saturated carbocycles. The lowest BCUT2D eigenvalue weighted by atomic mass is 10.4. The Morgan fingerprint density at radius 3 is 2.00 bits per heavy atom. The van der Waals surface area contributed by atoms with Crippen LogP contribution in [0.3, 0.4) is 0 Å². The smallest absolute Gasteiger partial charge is 0.253 e. The van der Waals surface area contributed by atoms with Crippen LogP contribution >= 0.6 is 11.3 Å². The summed E-state index contributed by atoms with van der Waals surface area (Å²) in [4.78, 5) is 0. The van der Waals surface area contributed by atoms with Gasteiger partial charge in [0.15, 0.2) is 0 Å². The van der Waals surface area contributed by atoms with Crippen LogP contribution in [0.1, 0.15) is 11.5 Å². The van der Waals surface area contributed by atoms with Crippen LogP contribution in [0.2, 0.25) is 0 Å². The van der Waals surface area contributed by atoms with Crippen LogP contribution in [-0.4, -0.2) is 12.7 Å². The average Bonchev–Trinajstić information content (AvgIpc) is 3.22. The van der Waals surface area contributed by atoms with Crippen molar-refractivity contribution >= 4 is 21.4 Å². The first-order valence-electron chi connectivity index (χ1n) is 6.25. The van der Waals surface area contributed by atoms with Gasteiger partial charge in [0.05, 0.1) is 25.6 Å². The van der Waals surface area contributed by atoms with Crippen molar-refractivity contribution in [1.29, 1.82) is 0 Å². The lowest BCUT2D eigenvalue weighted by molar-refractivity contribution is 0.331. The average molecular weight is 323 g/mol. The van der Waals surface area contributed by atoms with Crippen molar-refractivity contribution in [2.24, 2.45) is 0 Å². The Bertz CT molecular complexity index is 723. The molecular formula is C14H13NO4S2. The fourth-order valence-corrected chi connectivity index (χ4v) is 4.43. The van der Waals surface area contributed by atoms with Gasteiger partial charge in [-0.3, -0.25) is 0 Å². The second kappa shape index (κ2) is 5.88. The van der Waals surface area contributed by atoms with Crippen LogP contribution in [0, 0.1) is 0 Å². The molecular weight excluding hydrogens is 310 g/mol. The third-order valence-corrected chi connectivity index (χ3v) is 6.08. The number of hydrogen-bond donors (Lipinski definition) is 0. The maximum Gasteiger partial charge on any atom is 0.253 e.